The molecule has 1 aliphatic rings. The molecule has 0 saturated carbocycles. The van der Waals surface area contributed by atoms with Crippen molar-refractivity contribution in [3.05, 3.63) is 29.5 Å². The standard InChI is InChI=1S/C16H19NO4/c1-11-16(14(18)10-17-5-7-20-8-6-17)13-9-12(19-2)3-4-15(13)21-11/h3-4,9H,5-8,10H2,1-2H3. The van der Waals surface area contributed by atoms with E-state index in [1.54, 1.807) is 7.11 Å². The van der Waals surface area contributed by atoms with Crippen LogP contribution in [0.3, 0.4) is 0 Å². The summed E-state index contributed by atoms with van der Waals surface area (Å²) in [5.74, 6) is 1.47. The Morgan fingerprint density at radius 2 is 2.10 bits per heavy atom. The van der Waals surface area contributed by atoms with Crippen molar-refractivity contribution in [2.45, 2.75) is 6.92 Å². The van der Waals surface area contributed by atoms with Gasteiger partial charge in [-0.15, -0.1) is 0 Å². The summed E-state index contributed by atoms with van der Waals surface area (Å²) >= 11 is 0. The number of hydrogen-bond acceptors (Lipinski definition) is 5. The Balaban J connectivity index is 1.90. The van der Waals surface area contributed by atoms with Crippen molar-refractivity contribution < 1.29 is 18.7 Å². The van der Waals surface area contributed by atoms with Crippen molar-refractivity contribution >= 4 is 16.8 Å². The SMILES string of the molecule is COc1ccc2oc(C)c(C(=O)CN3CCOCC3)c2c1. The highest BCUT2D eigenvalue weighted by atomic mass is 16.5. The zero-order chi connectivity index (χ0) is 14.8. The Labute approximate surface area is 123 Å². The number of morpholine rings is 1. The molecule has 1 fully saturated rings. The maximum absolute atomic E-state index is 12.6. The van der Waals surface area contributed by atoms with Gasteiger partial charge in [0.2, 0.25) is 0 Å². The minimum absolute atomic E-state index is 0.0846. The summed E-state index contributed by atoms with van der Waals surface area (Å²) in [7, 11) is 1.61. The molecule has 21 heavy (non-hydrogen) atoms. The molecule has 5 heteroatoms. The minimum atomic E-state index is 0.0846. The van der Waals surface area contributed by atoms with Crippen molar-refractivity contribution in [2.75, 3.05) is 40.0 Å². The second kappa shape index (κ2) is 5.87. The number of benzene rings is 1. The smallest absolute Gasteiger partial charge is 0.180 e. The van der Waals surface area contributed by atoms with Crippen molar-refractivity contribution in [1.29, 1.82) is 0 Å². The first-order valence-corrected chi connectivity index (χ1v) is 7.09. The Bertz CT molecular complexity index is 656. The summed E-state index contributed by atoms with van der Waals surface area (Å²) in [4.78, 5) is 14.7. The molecule has 1 aliphatic heterocycles. The normalized spacial score (nSPS) is 16.3. The van der Waals surface area contributed by atoms with E-state index in [0.717, 1.165) is 29.8 Å². The predicted molar refractivity (Wildman–Crippen MR) is 79.1 cm³/mol. The summed E-state index contributed by atoms with van der Waals surface area (Å²) in [6.07, 6.45) is 0. The molecule has 0 unspecified atom stereocenters. The molecule has 5 nitrogen and oxygen atoms in total. The number of carbonyl (C=O) groups is 1. The number of Topliss-reactive ketones (excluding diaryl/α,β-unsaturated/α-hetero) is 1. The summed E-state index contributed by atoms with van der Waals surface area (Å²) < 4.78 is 16.2. The molecule has 0 aliphatic carbocycles. The number of ether oxygens (including phenoxy) is 2. The topological polar surface area (TPSA) is 51.9 Å². The van der Waals surface area contributed by atoms with Gasteiger partial charge in [0.05, 0.1) is 32.4 Å². The number of nitrogens with zero attached hydrogens (tertiary/aromatic N) is 1. The third-order valence-corrected chi connectivity index (χ3v) is 3.82. The summed E-state index contributed by atoms with van der Waals surface area (Å²) in [5, 5.41) is 0.824. The van der Waals surface area contributed by atoms with Crippen molar-refractivity contribution in [3.63, 3.8) is 0 Å². The lowest BCUT2D eigenvalue weighted by molar-refractivity contribution is 0.0371. The molecule has 0 radical (unpaired) electrons. The third-order valence-electron chi connectivity index (χ3n) is 3.82. The van der Waals surface area contributed by atoms with Gasteiger partial charge in [0.25, 0.3) is 0 Å². The molecule has 0 N–H and O–H groups in total. The van der Waals surface area contributed by atoms with Gasteiger partial charge in [0.15, 0.2) is 5.78 Å². The predicted octanol–water partition coefficient (Wildman–Crippen LogP) is 2.26. The first-order valence-electron chi connectivity index (χ1n) is 7.09. The number of methoxy groups -OCH3 is 1. The lowest BCUT2D eigenvalue weighted by atomic mass is 10.1. The highest BCUT2D eigenvalue weighted by Crippen LogP contribution is 2.29. The Morgan fingerprint density at radius 1 is 1.33 bits per heavy atom. The van der Waals surface area contributed by atoms with Crippen LogP contribution >= 0.6 is 0 Å². The molecule has 1 aromatic heterocycles. The fourth-order valence-electron chi connectivity index (χ4n) is 2.71. The van der Waals surface area contributed by atoms with Gasteiger partial charge in [-0.25, -0.2) is 0 Å². The first-order chi connectivity index (χ1) is 10.2. The van der Waals surface area contributed by atoms with E-state index in [9.17, 15) is 4.79 Å². The van der Waals surface area contributed by atoms with E-state index in [1.165, 1.54) is 0 Å². The fourth-order valence-corrected chi connectivity index (χ4v) is 2.71. The van der Waals surface area contributed by atoms with Gasteiger partial charge < -0.3 is 13.9 Å². The Kier molecular flexibility index (Phi) is 3.94. The average molecular weight is 289 g/mol. The van der Waals surface area contributed by atoms with Crippen LogP contribution in [0.25, 0.3) is 11.0 Å². The monoisotopic (exact) mass is 289 g/mol. The molecule has 0 atom stereocenters. The number of hydrogen-bond donors (Lipinski definition) is 0. The number of furan rings is 1. The largest absolute Gasteiger partial charge is 0.497 e. The number of ketones is 1. The summed E-state index contributed by atoms with van der Waals surface area (Å²) in [6, 6.07) is 5.53. The van der Waals surface area contributed by atoms with E-state index < -0.39 is 0 Å². The van der Waals surface area contributed by atoms with E-state index in [2.05, 4.69) is 4.90 Å². The van der Waals surface area contributed by atoms with Gasteiger partial charge in [-0.1, -0.05) is 0 Å². The molecule has 2 aromatic rings. The van der Waals surface area contributed by atoms with Gasteiger partial charge in [-0.3, -0.25) is 9.69 Å². The van der Waals surface area contributed by atoms with Crippen LogP contribution in [0.1, 0.15) is 16.1 Å². The van der Waals surface area contributed by atoms with Crippen LogP contribution in [0.15, 0.2) is 22.6 Å². The maximum atomic E-state index is 12.6. The quantitative estimate of drug-likeness (QED) is 0.808. The molecule has 112 valence electrons. The second-order valence-corrected chi connectivity index (χ2v) is 5.21. The van der Waals surface area contributed by atoms with Crippen LogP contribution in [0, 0.1) is 6.92 Å². The second-order valence-electron chi connectivity index (χ2n) is 5.21. The Hall–Kier alpha value is -1.85. The van der Waals surface area contributed by atoms with E-state index >= 15 is 0 Å². The van der Waals surface area contributed by atoms with Crippen molar-refractivity contribution in [1.82, 2.24) is 4.90 Å². The van der Waals surface area contributed by atoms with Gasteiger partial charge in [-0.2, -0.15) is 0 Å². The molecule has 3 rings (SSSR count). The zero-order valence-corrected chi connectivity index (χ0v) is 12.3. The van der Waals surface area contributed by atoms with Crippen LogP contribution < -0.4 is 4.74 Å². The van der Waals surface area contributed by atoms with E-state index in [-0.39, 0.29) is 5.78 Å². The van der Waals surface area contributed by atoms with Crippen LogP contribution in [0.2, 0.25) is 0 Å². The van der Waals surface area contributed by atoms with Crippen molar-refractivity contribution in [2.24, 2.45) is 0 Å². The zero-order valence-electron chi connectivity index (χ0n) is 12.3. The molecular weight excluding hydrogens is 270 g/mol. The average Bonchev–Trinajstić information content (AvgIpc) is 2.83. The Morgan fingerprint density at radius 3 is 2.81 bits per heavy atom. The lowest BCUT2D eigenvalue weighted by Gasteiger charge is -2.25. The van der Waals surface area contributed by atoms with Crippen LogP contribution in [-0.2, 0) is 4.74 Å². The number of carbonyl (C=O) groups excluding carboxylic acids is 1. The van der Waals surface area contributed by atoms with Crippen LogP contribution in [0.4, 0.5) is 0 Å². The van der Waals surface area contributed by atoms with Crippen LogP contribution in [-0.4, -0.2) is 50.6 Å². The van der Waals surface area contributed by atoms with Gasteiger partial charge in [0.1, 0.15) is 17.1 Å². The number of aryl methyl sites for hydroxylation is 1. The summed E-state index contributed by atoms with van der Waals surface area (Å²) in [6.45, 7) is 5.20. The molecule has 1 aromatic carbocycles. The lowest BCUT2D eigenvalue weighted by Crippen LogP contribution is -2.39. The maximum Gasteiger partial charge on any atom is 0.180 e. The van der Waals surface area contributed by atoms with E-state index in [4.69, 9.17) is 13.9 Å². The molecular formula is C16H19NO4. The van der Waals surface area contributed by atoms with Gasteiger partial charge >= 0.3 is 0 Å². The molecule has 0 bridgehead atoms. The van der Waals surface area contributed by atoms with Gasteiger partial charge in [-0.05, 0) is 25.1 Å². The van der Waals surface area contributed by atoms with Crippen molar-refractivity contribution in [3.8, 4) is 5.75 Å². The molecule has 0 spiro atoms. The molecule has 2 heterocycles. The third kappa shape index (κ3) is 2.80. The van der Waals surface area contributed by atoms with Gasteiger partial charge in [0, 0.05) is 18.5 Å². The van der Waals surface area contributed by atoms with E-state index in [0.29, 0.717) is 31.1 Å². The fraction of sp³-hybridized carbons (Fsp3) is 0.438. The first kappa shape index (κ1) is 14.1. The van der Waals surface area contributed by atoms with E-state index in [1.807, 2.05) is 25.1 Å². The number of rotatable bonds is 4. The number of fused-ring (bicyclic) bond motifs is 1. The minimum Gasteiger partial charge on any atom is -0.497 e. The molecule has 0 amide bonds. The summed E-state index contributed by atoms with van der Waals surface area (Å²) in [5.41, 5.74) is 1.38. The van der Waals surface area contributed by atoms with Crippen LogP contribution in [0.5, 0.6) is 5.75 Å². The molecule has 1 saturated heterocycles. The highest BCUT2D eigenvalue weighted by Gasteiger charge is 2.22. The highest BCUT2D eigenvalue weighted by molar-refractivity contribution is 6.09.